The molecule has 0 atom stereocenters. The van der Waals surface area contributed by atoms with Gasteiger partial charge in [-0.15, -0.1) is 23.5 Å². The van der Waals surface area contributed by atoms with Crippen LogP contribution < -0.4 is 0 Å². The molecule has 0 unspecified atom stereocenters. The topological polar surface area (TPSA) is 17.1 Å². The molecule has 0 aliphatic heterocycles. The molecule has 0 bridgehead atoms. The summed E-state index contributed by atoms with van der Waals surface area (Å²) < 4.78 is 0. The second-order valence-corrected chi connectivity index (χ2v) is 6.50. The first-order chi connectivity index (χ1) is 9.69. The van der Waals surface area contributed by atoms with Crippen molar-refractivity contribution in [3.63, 3.8) is 0 Å². The van der Waals surface area contributed by atoms with Gasteiger partial charge >= 0.3 is 0 Å². The first kappa shape index (κ1) is 15.2. The monoisotopic (exact) mass is 302 g/mol. The summed E-state index contributed by atoms with van der Waals surface area (Å²) in [6, 6.07) is 16.3. The Morgan fingerprint density at radius 3 is 2.50 bits per heavy atom. The molecule has 0 aliphatic carbocycles. The predicted octanol–water partition coefficient (Wildman–Crippen LogP) is 4.83. The Morgan fingerprint density at radius 2 is 1.85 bits per heavy atom. The van der Waals surface area contributed by atoms with Gasteiger partial charge in [0.1, 0.15) is 0 Å². The SMILES string of the molecule is CSc1ccc(C(=O)CSCc2cccc(C)c2)cc1. The van der Waals surface area contributed by atoms with Crippen LogP contribution in [0.4, 0.5) is 0 Å². The lowest BCUT2D eigenvalue weighted by molar-refractivity contribution is 0.102. The fourth-order valence-electron chi connectivity index (χ4n) is 1.92. The van der Waals surface area contributed by atoms with Crippen LogP contribution in [0.15, 0.2) is 53.4 Å². The van der Waals surface area contributed by atoms with E-state index in [1.165, 1.54) is 16.0 Å². The fraction of sp³-hybridized carbons (Fsp3) is 0.235. The van der Waals surface area contributed by atoms with E-state index in [0.29, 0.717) is 5.75 Å². The Labute approximate surface area is 129 Å². The van der Waals surface area contributed by atoms with Crippen LogP contribution in [0.25, 0.3) is 0 Å². The lowest BCUT2D eigenvalue weighted by Gasteiger charge is -2.04. The summed E-state index contributed by atoms with van der Waals surface area (Å²) in [4.78, 5) is 13.3. The Balaban J connectivity index is 1.85. The van der Waals surface area contributed by atoms with Gasteiger partial charge in [-0.2, -0.15) is 0 Å². The Hall–Kier alpha value is -1.19. The number of ketones is 1. The molecule has 0 radical (unpaired) electrons. The van der Waals surface area contributed by atoms with Gasteiger partial charge in [-0.25, -0.2) is 0 Å². The quantitative estimate of drug-likeness (QED) is 0.562. The molecule has 0 aromatic heterocycles. The third-order valence-corrected chi connectivity index (χ3v) is 4.74. The van der Waals surface area contributed by atoms with Gasteiger partial charge in [0.05, 0.1) is 5.75 Å². The molecule has 0 saturated heterocycles. The Bertz CT molecular complexity index is 576. The van der Waals surface area contributed by atoms with Crippen molar-refractivity contribution in [3.05, 3.63) is 65.2 Å². The lowest BCUT2D eigenvalue weighted by atomic mass is 10.1. The molecule has 0 aliphatic rings. The summed E-state index contributed by atoms with van der Waals surface area (Å²) in [7, 11) is 0. The third kappa shape index (κ3) is 4.43. The van der Waals surface area contributed by atoms with Gasteiger partial charge in [0.2, 0.25) is 0 Å². The highest BCUT2D eigenvalue weighted by Crippen LogP contribution is 2.18. The van der Waals surface area contributed by atoms with Crippen molar-refractivity contribution in [2.75, 3.05) is 12.0 Å². The second kappa shape index (κ2) is 7.55. The van der Waals surface area contributed by atoms with E-state index >= 15 is 0 Å². The molecule has 104 valence electrons. The third-order valence-electron chi connectivity index (χ3n) is 3.00. The maximum absolute atomic E-state index is 12.1. The number of benzene rings is 2. The van der Waals surface area contributed by atoms with E-state index in [-0.39, 0.29) is 5.78 Å². The number of thioether (sulfide) groups is 2. The number of carbonyl (C=O) groups excluding carboxylic acids is 1. The van der Waals surface area contributed by atoms with Crippen molar-refractivity contribution in [2.45, 2.75) is 17.6 Å². The van der Waals surface area contributed by atoms with Gasteiger partial charge < -0.3 is 0 Å². The lowest BCUT2D eigenvalue weighted by Crippen LogP contribution is -2.02. The van der Waals surface area contributed by atoms with Crippen molar-refractivity contribution >= 4 is 29.3 Å². The molecule has 2 aromatic rings. The van der Waals surface area contributed by atoms with Crippen LogP contribution in [0.5, 0.6) is 0 Å². The van der Waals surface area contributed by atoms with Crippen molar-refractivity contribution in [1.29, 1.82) is 0 Å². The van der Waals surface area contributed by atoms with Crippen LogP contribution in [-0.2, 0) is 5.75 Å². The molecule has 0 amide bonds. The number of rotatable bonds is 6. The van der Waals surface area contributed by atoms with E-state index in [1.807, 2.05) is 30.5 Å². The molecular weight excluding hydrogens is 284 g/mol. The minimum absolute atomic E-state index is 0.204. The van der Waals surface area contributed by atoms with Gasteiger partial charge in [0, 0.05) is 16.2 Å². The van der Waals surface area contributed by atoms with E-state index < -0.39 is 0 Å². The molecule has 20 heavy (non-hydrogen) atoms. The maximum Gasteiger partial charge on any atom is 0.172 e. The van der Waals surface area contributed by atoms with E-state index in [4.69, 9.17) is 0 Å². The largest absolute Gasteiger partial charge is 0.293 e. The normalized spacial score (nSPS) is 10.5. The number of carbonyl (C=O) groups is 1. The standard InChI is InChI=1S/C17H18OS2/c1-13-4-3-5-14(10-13)11-20-12-17(18)15-6-8-16(19-2)9-7-15/h3-10H,11-12H2,1-2H3. The van der Waals surface area contributed by atoms with E-state index in [1.54, 1.807) is 23.5 Å². The first-order valence-corrected chi connectivity index (χ1v) is 8.87. The zero-order chi connectivity index (χ0) is 14.4. The number of Topliss-reactive ketones (excluding diaryl/α,β-unsaturated/α-hetero) is 1. The maximum atomic E-state index is 12.1. The molecule has 1 nitrogen and oxygen atoms in total. The molecule has 3 heteroatoms. The van der Waals surface area contributed by atoms with Crippen LogP contribution in [0.1, 0.15) is 21.5 Å². The zero-order valence-corrected chi connectivity index (χ0v) is 13.4. The average molecular weight is 302 g/mol. The van der Waals surface area contributed by atoms with Gasteiger partial charge in [0.25, 0.3) is 0 Å². The first-order valence-electron chi connectivity index (χ1n) is 6.49. The molecule has 0 fully saturated rings. The highest BCUT2D eigenvalue weighted by Gasteiger charge is 2.06. The minimum atomic E-state index is 0.204. The zero-order valence-electron chi connectivity index (χ0n) is 11.8. The summed E-state index contributed by atoms with van der Waals surface area (Å²) in [6.07, 6.45) is 2.04. The van der Waals surface area contributed by atoms with Crippen molar-refractivity contribution < 1.29 is 4.79 Å². The molecular formula is C17H18OS2. The predicted molar refractivity (Wildman–Crippen MR) is 89.9 cm³/mol. The highest BCUT2D eigenvalue weighted by molar-refractivity contribution is 7.99. The molecule has 0 saturated carbocycles. The van der Waals surface area contributed by atoms with E-state index in [2.05, 4.69) is 31.2 Å². The summed E-state index contributed by atoms with van der Waals surface area (Å²) in [6.45, 7) is 2.09. The van der Waals surface area contributed by atoms with Crippen LogP contribution in [0.3, 0.4) is 0 Å². The second-order valence-electron chi connectivity index (χ2n) is 4.63. The van der Waals surface area contributed by atoms with Crippen LogP contribution >= 0.6 is 23.5 Å². The van der Waals surface area contributed by atoms with E-state index in [0.717, 1.165) is 11.3 Å². The summed E-state index contributed by atoms with van der Waals surface area (Å²) >= 11 is 3.36. The van der Waals surface area contributed by atoms with Crippen molar-refractivity contribution in [2.24, 2.45) is 0 Å². The van der Waals surface area contributed by atoms with Crippen LogP contribution in [0.2, 0.25) is 0 Å². The Kier molecular flexibility index (Phi) is 5.74. The summed E-state index contributed by atoms with van der Waals surface area (Å²) in [5.74, 6) is 1.62. The highest BCUT2D eigenvalue weighted by atomic mass is 32.2. The summed E-state index contributed by atoms with van der Waals surface area (Å²) in [5, 5.41) is 0. The summed E-state index contributed by atoms with van der Waals surface area (Å²) in [5.41, 5.74) is 3.35. The molecule has 0 N–H and O–H groups in total. The molecule has 2 aromatic carbocycles. The smallest absolute Gasteiger partial charge is 0.172 e. The molecule has 0 heterocycles. The van der Waals surface area contributed by atoms with Gasteiger partial charge in [-0.05, 0) is 30.9 Å². The average Bonchev–Trinajstić information content (AvgIpc) is 2.47. The Morgan fingerprint density at radius 1 is 1.10 bits per heavy atom. The van der Waals surface area contributed by atoms with Gasteiger partial charge in [-0.3, -0.25) is 4.79 Å². The minimum Gasteiger partial charge on any atom is -0.293 e. The number of hydrogen-bond acceptors (Lipinski definition) is 3. The van der Waals surface area contributed by atoms with Gasteiger partial charge in [0.15, 0.2) is 5.78 Å². The molecule has 0 spiro atoms. The van der Waals surface area contributed by atoms with E-state index in [9.17, 15) is 4.79 Å². The van der Waals surface area contributed by atoms with Crippen LogP contribution in [0, 0.1) is 6.92 Å². The number of hydrogen-bond donors (Lipinski definition) is 0. The fourth-order valence-corrected chi connectivity index (χ4v) is 3.20. The van der Waals surface area contributed by atoms with Crippen LogP contribution in [-0.4, -0.2) is 17.8 Å². The van der Waals surface area contributed by atoms with Crippen molar-refractivity contribution in [1.82, 2.24) is 0 Å². The number of aryl methyl sites for hydroxylation is 1. The molecule has 2 rings (SSSR count). The van der Waals surface area contributed by atoms with Crippen molar-refractivity contribution in [3.8, 4) is 0 Å². The van der Waals surface area contributed by atoms with Gasteiger partial charge in [-0.1, -0.05) is 42.0 Å².